The zero-order chi connectivity index (χ0) is 22.2. The molecule has 1 N–H and O–H groups in total. The predicted molar refractivity (Wildman–Crippen MR) is 115 cm³/mol. The van der Waals surface area contributed by atoms with Crippen LogP contribution in [-0.4, -0.2) is 34.7 Å². The second kappa shape index (κ2) is 10.6. The van der Waals surface area contributed by atoms with E-state index in [1.807, 2.05) is 6.92 Å². The van der Waals surface area contributed by atoms with Crippen molar-refractivity contribution in [2.75, 3.05) is 11.9 Å². The Bertz CT molecular complexity index is 1020. The SMILES string of the molecule is CCOc1ccc(NC(=O)C(C)OC(=O)CCc2nc(-c3ccc(Cl)cc3)no2)cc1. The van der Waals surface area contributed by atoms with Crippen molar-refractivity contribution >= 4 is 29.2 Å². The molecule has 2 aromatic carbocycles. The number of nitrogens with one attached hydrogen (secondary N) is 1. The molecule has 3 rings (SSSR count). The van der Waals surface area contributed by atoms with E-state index < -0.39 is 18.0 Å². The molecule has 1 heterocycles. The van der Waals surface area contributed by atoms with E-state index in [0.717, 1.165) is 5.56 Å². The second-order valence-electron chi connectivity index (χ2n) is 6.60. The zero-order valence-corrected chi connectivity index (χ0v) is 17.9. The number of amides is 1. The van der Waals surface area contributed by atoms with Crippen LogP contribution in [-0.2, 0) is 20.7 Å². The van der Waals surface area contributed by atoms with E-state index in [0.29, 0.717) is 34.8 Å². The van der Waals surface area contributed by atoms with Crippen molar-refractivity contribution in [1.29, 1.82) is 0 Å². The Morgan fingerprint density at radius 2 is 1.84 bits per heavy atom. The topological polar surface area (TPSA) is 104 Å². The molecule has 162 valence electrons. The highest BCUT2D eigenvalue weighted by Gasteiger charge is 2.19. The lowest BCUT2D eigenvalue weighted by molar-refractivity contribution is -0.153. The molecule has 0 fully saturated rings. The summed E-state index contributed by atoms with van der Waals surface area (Å²) in [4.78, 5) is 28.6. The maximum absolute atomic E-state index is 12.2. The monoisotopic (exact) mass is 443 g/mol. The van der Waals surface area contributed by atoms with Gasteiger partial charge in [0.1, 0.15) is 5.75 Å². The first kappa shape index (κ1) is 22.3. The number of aryl methyl sites for hydroxylation is 1. The number of carbonyl (C=O) groups is 2. The van der Waals surface area contributed by atoms with Gasteiger partial charge < -0.3 is 19.3 Å². The zero-order valence-electron chi connectivity index (χ0n) is 17.1. The summed E-state index contributed by atoms with van der Waals surface area (Å²) in [5, 5.41) is 7.19. The largest absolute Gasteiger partial charge is 0.494 e. The molecule has 0 saturated carbocycles. The molecular formula is C22H22ClN3O5. The van der Waals surface area contributed by atoms with Gasteiger partial charge in [0.05, 0.1) is 13.0 Å². The van der Waals surface area contributed by atoms with Gasteiger partial charge in [0.15, 0.2) is 6.10 Å². The molecule has 0 saturated heterocycles. The molecular weight excluding hydrogens is 422 g/mol. The van der Waals surface area contributed by atoms with Crippen molar-refractivity contribution in [3.63, 3.8) is 0 Å². The van der Waals surface area contributed by atoms with E-state index >= 15 is 0 Å². The first-order chi connectivity index (χ1) is 14.9. The lowest BCUT2D eigenvalue weighted by atomic mass is 10.2. The molecule has 1 amide bonds. The molecule has 0 bridgehead atoms. The van der Waals surface area contributed by atoms with Crippen LogP contribution in [0.5, 0.6) is 5.75 Å². The fourth-order valence-corrected chi connectivity index (χ4v) is 2.76. The molecule has 0 aliphatic heterocycles. The Morgan fingerprint density at radius 3 is 2.52 bits per heavy atom. The van der Waals surface area contributed by atoms with Crippen LogP contribution in [0.15, 0.2) is 53.1 Å². The molecule has 0 aliphatic carbocycles. The minimum atomic E-state index is -0.952. The van der Waals surface area contributed by atoms with Crippen molar-refractivity contribution in [2.24, 2.45) is 0 Å². The van der Waals surface area contributed by atoms with Crippen LogP contribution in [0.4, 0.5) is 5.69 Å². The van der Waals surface area contributed by atoms with Crippen LogP contribution in [0.1, 0.15) is 26.2 Å². The summed E-state index contributed by atoms with van der Waals surface area (Å²) in [7, 11) is 0. The molecule has 31 heavy (non-hydrogen) atoms. The van der Waals surface area contributed by atoms with Crippen LogP contribution in [0.25, 0.3) is 11.4 Å². The normalized spacial score (nSPS) is 11.6. The average molecular weight is 444 g/mol. The van der Waals surface area contributed by atoms with Crippen molar-refractivity contribution < 1.29 is 23.6 Å². The molecule has 0 aliphatic rings. The minimum absolute atomic E-state index is 0.00290. The van der Waals surface area contributed by atoms with Gasteiger partial charge in [-0.05, 0) is 62.4 Å². The van der Waals surface area contributed by atoms with Gasteiger partial charge in [-0.25, -0.2) is 0 Å². The number of hydrogen-bond donors (Lipinski definition) is 1. The van der Waals surface area contributed by atoms with E-state index in [4.69, 9.17) is 25.6 Å². The summed E-state index contributed by atoms with van der Waals surface area (Å²) in [6.07, 6.45) is -0.748. The first-order valence-electron chi connectivity index (χ1n) is 9.76. The highest BCUT2D eigenvalue weighted by atomic mass is 35.5. The fourth-order valence-electron chi connectivity index (χ4n) is 2.64. The summed E-state index contributed by atoms with van der Waals surface area (Å²) in [6, 6.07) is 13.9. The third-order valence-electron chi connectivity index (χ3n) is 4.22. The van der Waals surface area contributed by atoms with E-state index in [2.05, 4.69) is 15.5 Å². The standard InChI is InChI=1S/C22H22ClN3O5/c1-3-29-18-10-8-17(9-11-18)24-22(28)14(2)30-20(27)13-12-19-25-21(26-31-19)15-4-6-16(23)7-5-15/h4-11,14H,3,12-13H2,1-2H3,(H,24,28). The number of halogens is 1. The third-order valence-corrected chi connectivity index (χ3v) is 4.48. The summed E-state index contributed by atoms with van der Waals surface area (Å²) >= 11 is 5.87. The predicted octanol–water partition coefficient (Wildman–Crippen LogP) is 4.29. The molecule has 8 nitrogen and oxygen atoms in total. The van der Waals surface area contributed by atoms with E-state index in [1.54, 1.807) is 48.5 Å². The molecule has 9 heteroatoms. The lowest BCUT2D eigenvalue weighted by Crippen LogP contribution is -2.30. The molecule has 1 aromatic heterocycles. The van der Waals surface area contributed by atoms with E-state index in [-0.39, 0.29) is 12.8 Å². The Morgan fingerprint density at radius 1 is 1.13 bits per heavy atom. The van der Waals surface area contributed by atoms with Crippen molar-refractivity contribution in [3.8, 4) is 17.1 Å². The van der Waals surface area contributed by atoms with Gasteiger partial charge in [-0.2, -0.15) is 4.98 Å². The Kier molecular flexibility index (Phi) is 7.61. The number of hydrogen-bond acceptors (Lipinski definition) is 7. The van der Waals surface area contributed by atoms with Crippen molar-refractivity contribution in [1.82, 2.24) is 10.1 Å². The van der Waals surface area contributed by atoms with E-state index in [9.17, 15) is 9.59 Å². The number of rotatable bonds is 9. The molecule has 1 unspecified atom stereocenters. The van der Waals surface area contributed by atoms with Crippen LogP contribution in [0.2, 0.25) is 5.02 Å². The quantitative estimate of drug-likeness (QED) is 0.492. The Balaban J connectivity index is 1.45. The van der Waals surface area contributed by atoms with Crippen LogP contribution in [0.3, 0.4) is 0 Å². The number of carbonyl (C=O) groups excluding carboxylic acids is 2. The van der Waals surface area contributed by atoms with Crippen LogP contribution < -0.4 is 10.1 Å². The number of nitrogens with zero attached hydrogens (tertiary/aromatic N) is 2. The maximum Gasteiger partial charge on any atom is 0.307 e. The fraction of sp³-hybridized carbons (Fsp3) is 0.273. The average Bonchev–Trinajstić information content (AvgIpc) is 3.23. The smallest absolute Gasteiger partial charge is 0.307 e. The molecule has 1 atom stereocenters. The number of ether oxygens (including phenoxy) is 2. The van der Waals surface area contributed by atoms with Gasteiger partial charge >= 0.3 is 5.97 Å². The summed E-state index contributed by atoms with van der Waals surface area (Å²) in [5.41, 5.74) is 1.33. The van der Waals surface area contributed by atoms with Crippen molar-refractivity contribution in [2.45, 2.75) is 32.8 Å². The summed E-state index contributed by atoms with van der Waals surface area (Å²) < 4.78 is 15.7. The minimum Gasteiger partial charge on any atom is -0.494 e. The van der Waals surface area contributed by atoms with Crippen LogP contribution >= 0.6 is 11.6 Å². The van der Waals surface area contributed by atoms with Gasteiger partial charge in [0.2, 0.25) is 11.7 Å². The summed E-state index contributed by atoms with van der Waals surface area (Å²) in [6.45, 7) is 3.96. The maximum atomic E-state index is 12.2. The van der Waals surface area contributed by atoms with Gasteiger partial charge in [0.25, 0.3) is 5.91 Å². The Labute approximate surface area is 184 Å². The van der Waals surface area contributed by atoms with Gasteiger partial charge in [-0.15, -0.1) is 0 Å². The van der Waals surface area contributed by atoms with Gasteiger partial charge in [0, 0.05) is 22.7 Å². The highest BCUT2D eigenvalue weighted by Crippen LogP contribution is 2.19. The third kappa shape index (κ3) is 6.55. The molecule has 0 radical (unpaired) electrons. The van der Waals surface area contributed by atoms with Crippen molar-refractivity contribution in [3.05, 3.63) is 59.4 Å². The molecule has 0 spiro atoms. The van der Waals surface area contributed by atoms with E-state index in [1.165, 1.54) is 6.92 Å². The number of esters is 1. The lowest BCUT2D eigenvalue weighted by Gasteiger charge is -2.13. The highest BCUT2D eigenvalue weighted by molar-refractivity contribution is 6.30. The second-order valence-corrected chi connectivity index (χ2v) is 7.03. The summed E-state index contributed by atoms with van der Waals surface area (Å²) in [5.74, 6) is 0.442. The number of anilines is 1. The Hall–Kier alpha value is -3.39. The first-order valence-corrected chi connectivity index (χ1v) is 10.1. The van der Waals surface area contributed by atoms with Crippen LogP contribution in [0, 0.1) is 0 Å². The van der Waals surface area contributed by atoms with Gasteiger partial charge in [-0.1, -0.05) is 16.8 Å². The molecule has 3 aromatic rings. The van der Waals surface area contributed by atoms with Gasteiger partial charge in [-0.3, -0.25) is 9.59 Å². The number of aromatic nitrogens is 2. The number of benzene rings is 2.